The fraction of sp³-hybridized carbons (Fsp3) is 0.421. The van der Waals surface area contributed by atoms with E-state index in [0.717, 1.165) is 38.1 Å². The zero-order valence-corrected chi connectivity index (χ0v) is 16.5. The van der Waals surface area contributed by atoms with E-state index in [0.29, 0.717) is 11.5 Å². The first-order chi connectivity index (χ1) is 14.2. The molecule has 1 aromatic carbocycles. The SMILES string of the molecule is CN1CCCC(N(C)c2nnc(-c3ccc(OC(F)(F)F)cc3O)n3ccnc23)C1. The summed E-state index contributed by atoms with van der Waals surface area (Å²) in [5.74, 6) is -0.0653. The van der Waals surface area contributed by atoms with Crippen LogP contribution in [0, 0.1) is 0 Å². The second-order valence-corrected chi connectivity index (χ2v) is 7.36. The van der Waals surface area contributed by atoms with Gasteiger partial charge in [-0.25, -0.2) is 4.98 Å². The molecule has 0 saturated carbocycles. The lowest BCUT2D eigenvalue weighted by atomic mass is 10.1. The standard InChI is InChI=1S/C19H21F3N6O2/c1-26-8-3-4-12(11-26)27(2)18-17-23-7-9-28(17)16(24-25-18)14-6-5-13(10-15(14)29)30-19(20,21)22/h5-7,9-10,12,29H,3-4,8,11H2,1-2H3. The summed E-state index contributed by atoms with van der Waals surface area (Å²) in [6.07, 6.45) is 0.527. The second kappa shape index (κ2) is 7.63. The highest BCUT2D eigenvalue weighted by Crippen LogP contribution is 2.34. The Kier molecular flexibility index (Phi) is 5.14. The molecule has 4 rings (SSSR count). The maximum atomic E-state index is 12.4. The third kappa shape index (κ3) is 3.97. The number of likely N-dealkylation sites (tertiary alicyclic amines) is 1. The molecule has 0 bridgehead atoms. The summed E-state index contributed by atoms with van der Waals surface area (Å²) < 4.78 is 42.7. The molecule has 1 unspecified atom stereocenters. The van der Waals surface area contributed by atoms with Gasteiger partial charge in [0.25, 0.3) is 0 Å². The minimum atomic E-state index is -4.84. The second-order valence-electron chi connectivity index (χ2n) is 7.36. The molecule has 11 heteroatoms. The minimum Gasteiger partial charge on any atom is -0.507 e. The zero-order valence-electron chi connectivity index (χ0n) is 16.5. The molecule has 3 aromatic rings. The van der Waals surface area contributed by atoms with Crippen LogP contribution in [0.3, 0.4) is 0 Å². The van der Waals surface area contributed by atoms with Gasteiger partial charge in [-0.3, -0.25) is 4.40 Å². The maximum Gasteiger partial charge on any atom is 0.573 e. The van der Waals surface area contributed by atoms with Crippen molar-refractivity contribution in [3.8, 4) is 22.9 Å². The van der Waals surface area contributed by atoms with Gasteiger partial charge in [-0.2, -0.15) is 0 Å². The van der Waals surface area contributed by atoms with Crippen molar-refractivity contribution < 1.29 is 23.0 Å². The summed E-state index contributed by atoms with van der Waals surface area (Å²) in [5, 5.41) is 18.9. The van der Waals surface area contributed by atoms with Crippen molar-refractivity contribution in [3.05, 3.63) is 30.6 Å². The number of benzene rings is 1. The van der Waals surface area contributed by atoms with Gasteiger partial charge in [0.2, 0.25) is 0 Å². The van der Waals surface area contributed by atoms with Gasteiger partial charge in [0.05, 0.1) is 5.56 Å². The van der Waals surface area contributed by atoms with Gasteiger partial charge < -0.3 is 19.6 Å². The highest BCUT2D eigenvalue weighted by Gasteiger charge is 2.31. The van der Waals surface area contributed by atoms with Crippen LogP contribution in [0.4, 0.5) is 19.0 Å². The molecule has 2 aromatic heterocycles. The number of piperidine rings is 1. The Morgan fingerprint density at radius 2 is 2.07 bits per heavy atom. The Morgan fingerprint density at radius 1 is 1.27 bits per heavy atom. The molecule has 30 heavy (non-hydrogen) atoms. The van der Waals surface area contributed by atoms with E-state index in [1.165, 1.54) is 6.07 Å². The van der Waals surface area contributed by atoms with Crippen LogP contribution >= 0.6 is 0 Å². The molecule has 0 spiro atoms. The average molecular weight is 422 g/mol. The monoisotopic (exact) mass is 422 g/mol. The molecule has 1 aliphatic rings. The van der Waals surface area contributed by atoms with Gasteiger partial charge >= 0.3 is 6.36 Å². The summed E-state index contributed by atoms with van der Waals surface area (Å²) in [5.41, 5.74) is 0.761. The summed E-state index contributed by atoms with van der Waals surface area (Å²) in [6, 6.07) is 3.58. The molecular weight excluding hydrogens is 401 g/mol. The number of halogens is 3. The van der Waals surface area contributed by atoms with E-state index in [1.807, 2.05) is 7.05 Å². The number of aromatic nitrogens is 4. The van der Waals surface area contributed by atoms with Crippen molar-refractivity contribution >= 4 is 11.5 Å². The number of anilines is 1. The predicted molar refractivity (Wildman–Crippen MR) is 103 cm³/mol. The molecule has 1 fully saturated rings. The van der Waals surface area contributed by atoms with E-state index < -0.39 is 17.9 Å². The number of hydrogen-bond acceptors (Lipinski definition) is 7. The lowest BCUT2D eigenvalue weighted by Crippen LogP contribution is -2.45. The number of ether oxygens (including phenoxy) is 1. The first-order valence-corrected chi connectivity index (χ1v) is 9.43. The normalized spacial score (nSPS) is 18.0. The van der Waals surface area contributed by atoms with Crippen molar-refractivity contribution in [3.63, 3.8) is 0 Å². The Bertz CT molecular complexity index is 1050. The smallest absolute Gasteiger partial charge is 0.507 e. The highest BCUT2D eigenvalue weighted by atomic mass is 19.4. The Morgan fingerprint density at radius 3 is 2.77 bits per heavy atom. The molecule has 0 radical (unpaired) electrons. The molecule has 1 N–H and O–H groups in total. The molecule has 1 saturated heterocycles. The number of phenols is 1. The molecule has 0 amide bonds. The van der Waals surface area contributed by atoms with Crippen LogP contribution in [0.5, 0.6) is 11.5 Å². The number of nitrogens with zero attached hydrogens (tertiary/aromatic N) is 6. The molecular formula is C19H21F3N6O2. The van der Waals surface area contributed by atoms with E-state index in [1.54, 1.807) is 16.8 Å². The number of alkyl halides is 3. The minimum absolute atomic E-state index is 0.214. The molecule has 8 nitrogen and oxygen atoms in total. The van der Waals surface area contributed by atoms with E-state index >= 15 is 0 Å². The summed E-state index contributed by atoms with van der Waals surface area (Å²) in [7, 11) is 4.03. The highest BCUT2D eigenvalue weighted by molar-refractivity contribution is 5.72. The van der Waals surface area contributed by atoms with Gasteiger partial charge in [0, 0.05) is 38.1 Å². The van der Waals surface area contributed by atoms with Gasteiger partial charge in [-0.15, -0.1) is 23.4 Å². The van der Waals surface area contributed by atoms with E-state index in [4.69, 9.17) is 0 Å². The summed E-state index contributed by atoms with van der Waals surface area (Å²) in [4.78, 5) is 8.70. The topological polar surface area (TPSA) is 79.0 Å². The number of aromatic hydroxyl groups is 1. The van der Waals surface area contributed by atoms with Crippen LogP contribution in [0.15, 0.2) is 30.6 Å². The number of fused-ring (bicyclic) bond motifs is 1. The van der Waals surface area contributed by atoms with Crippen LogP contribution in [0.1, 0.15) is 12.8 Å². The van der Waals surface area contributed by atoms with Gasteiger partial charge in [-0.05, 0) is 38.6 Å². The first kappa shape index (κ1) is 20.2. The van der Waals surface area contributed by atoms with Crippen LogP contribution in [0.25, 0.3) is 17.0 Å². The van der Waals surface area contributed by atoms with E-state index in [-0.39, 0.29) is 17.4 Å². The van der Waals surface area contributed by atoms with Crippen LogP contribution < -0.4 is 9.64 Å². The van der Waals surface area contributed by atoms with Gasteiger partial charge in [0.1, 0.15) is 11.5 Å². The van der Waals surface area contributed by atoms with Crippen LogP contribution in [0.2, 0.25) is 0 Å². The van der Waals surface area contributed by atoms with Crippen molar-refractivity contribution in [1.29, 1.82) is 0 Å². The lowest BCUT2D eigenvalue weighted by molar-refractivity contribution is -0.274. The van der Waals surface area contributed by atoms with E-state index in [9.17, 15) is 18.3 Å². The number of phenolic OH excluding ortho intramolecular Hbond substituents is 1. The van der Waals surface area contributed by atoms with Crippen molar-refractivity contribution in [2.45, 2.75) is 25.2 Å². The Balaban J connectivity index is 1.69. The van der Waals surface area contributed by atoms with Crippen molar-refractivity contribution in [2.75, 3.05) is 32.1 Å². The molecule has 1 atom stereocenters. The first-order valence-electron chi connectivity index (χ1n) is 9.43. The number of rotatable bonds is 4. The Hall–Kier alpha value is -3.08. The summed E-state index contributed by atoms with van der Waals surface area (Å²) >= 11 is 0. The third-order valence-corrected chi connectivity index (χ3v) is 5.23. The van der Waals surface area contributed by atoms with Crippen LogP contribution in [-0.2, 0) is 0 Å². The molecule has 1 aliphatic heterocycles. The number of imidazole rings is 1. The number of likely N-dealkylation sites (N-methyl/N-ethyl adjacent to an activating group) is 2. The quantitative estimate of drug-likeness (QED) is 0.693. The fourth-order valence-electron chi connectivity index (χ4n) is 3.77. The third-order valence-electron chi connectivity index (χ3n) is 5.23. The molecule has 0 aliphatic carbocycles. The van der Waals surface area contributed by atoms with Crippen molar-refractivity contribution in [2.24, 2.45) is 0 Å². The molecule has 160 valence electrons. The van der Waals surface area contributed by atoms with E-state index in [2.05, 4.69) is 36.8 Å². The molecule has 3 heterocycles. The average Bonchev–Trinajstić information content (AvgIpc) is 3.16. The van der Waals surface area contributed by atoms with Crippen molar-refractivity contribution in [1.82, 2.24) is 24.5 Å². The lowest BCUT2D eigenvalue weighted by Gasteiger charge is -2.36. The zero-order chi connectivity index (χ0) is 21.5. The summed E-state index contributed by atoms with van der Waals surface area (Å²) in [6.45, 7) is 1.95. The van der Waals surface area contributed by atoms with Gasteiger partial charge in [-0.1, -0.05) is 0 Å². The Labute approximate surface area is 170 Å². The predicted octanol–water partition coefficient (Wildman–Crippen LogP) is 2.93. The maximum absolute atomic E-state index is 12.4. The largest absolute Gasteiger partial charge is 0.573 e. The van der Waals surface area contributed by atoms with Gasteiger partial charge in [0.15, 0.2) is 17.3 Å². The number of hydrogen-bond donors (Lipinski definition) is 1. The van der Waals surface area contributed by atoms with Crippen LogP contribution in [-0.4, -0.2) is 69.2 Å². The fourth-order valence-corrected chi connectivity index (χ4v) is 3.77.